The maximum absolute atomic E-state index is 13.5. The second kappa shape index (κ2) is 8.04. The lowest BCUT2D eigenvalue weighted by Gasteiger charge is -2.46. The highest BCUT2D eigenvalue weighted by molar-refractivity contribution is 5.86. The van der Waals surface area contributed by atoms with Crippen LogP contribution in [0.15, 0.2) is 18.2 Å². The number of aliphatic hydroxyl groups excluding tert-OH is 1. The molecule has 8 nitrogen and oxygen atoms in total. The summed E-state index contributed by atoms with van der Waals surface area (Å²) in [6.07, 6.45) is -0.326. The molecule has 8 heteroatoms. The molecule has 0 aromatic heterocycles. The van der Waals surface area contributed by atoms with Crippen molar-refractivity contribution in [1.82, 2.24) is 9.80 Å². The maximum atomic E-state index is 13.5. The Hall–Kier alpha value is -2.79. The Balaban J connectivity index is 1.92. The van der Waals surface area contributed by atoms with E-state index in [0.717, 1.165) is 0 Å². The van der Waals surface area contributed by atoms with Crippen LogP contribution in [0, 0.1) is 11.3 Å². The van der Waals surface area contributed by atoms with Gasteiger partial charge in [0.25, 0.3) is 0 Å². The minimum Gasteiger partial charge on any atom is -0.485 e. The van der Waals surface area contributed by atoms with Crippen molar-refractivity contribution in [3.63, 3.8) is 0 Å². The van der Waals surface area contributed by atoms with Crippen molar-refractivity contribution in [3.05, 3.63) is 29.3 Å². The lowest BCUT2D eigenvalue weighted by molar-refractivity contribution is -0.146. The zero-order chi connectivity index (χ0) is 23.1. The first kappa shape index (κ1) is 22.9. The first-order chi connectivity index (χ1) is 14.4. The Morgan fingerprint density at radius 3 is 2.65 bits per heavy atom. The quantitative estimate of drug-likeness (QED) is 0.775. The van der Waals surface area contributed by atoms with Crippen LogP contribution in [-0.2, 0) is 9.53 Å². The normalized spacial score (nSPS) is 24.6. The summed E-state index contributed by atoms with van der Waals surface area (Å²) in [5.41, 5.74) is -0.618. The molecule has 0 radical (unpaired) electrons. The molecule has 31 heavy (non-hydrogen) atoms. The van der Waals surface area contributed by atoms with Gasteiger partial charge in [-0.25, -0.2) is 4.79 Å². The highest BCUT2D eigenvalue weighted by Crippen LogP contribution is 2.43. The summed E-state index contributed by atoms with van der Waals surface area (Å²) >= 11 is 0. The number of hydrogen-bond acceptors (Lipinski definition) is 6. The van der Waals surface area contributed by atoms with E-state index in [9.17, 15) is 20.0 Å². The Morgan fingerprint density at radius 2 is 2.03 bits per heavy atom. The van der Waals surface area contributed by atoms with Crippen LogP contribution in [0.5, 0.6) is 5.75 Å². The standard InChI is InChI=1S/C23H31N3O5/c1-22(2,3)31-21(29)26-11-7-8-16(26)20(28)25(6)18-15-12-14(13-24)9-10-17(15)30-23(4,5)19(18)27/h9-10,12,16,18-19,27H,7-8,11H2,1-6H3/t16-,18+,19-/m0/s1. The topological polar surface area (TPSA) is 103 Å². The molecule has 1 aromatic carbocycles. The third-order valence-corrected chi connectivity index (χ3v) is 5.77. The van der Waals surface area contributed by atoms with Gasteiger partial charge < -0.3 is 19.5 Å². The SMILES string of the molecule is CN(C(=O)[C@@H]1CCCN1C(=O)OC(C)(C)C)[C@@H]1c2cc(C#N)ccc2OC(C)(C)[C@H]1O. The fourth-order valence-corrected chi connectivity index (χ4v) is 4.19. The van der Waals surface area contributed by atoms with Crippen molar-refractivity contribution < 1.29 is 24.2 Å². The number of hydrogen-bond donors (Lipinski definition) is 1. The Kier molecular flexibility index (Phi) is 5.94. The van der Waals surface area contributed by atoms with E-state index in [4.69, 9.17) is 9.47 Å². The predicted molar refractivity (Wildman–Crippen MR) is 113 cm³/mol. The van der Waals surface area contributed by atoms with Gasteiger partial charge in [-0.05, 0) is 65.7 Å². The van der Waals surface area contributed by atoms with Gasteiger partial charge in [-0.3, -0.25) is 9.69 Å². The molecule has 1 fully saturated rings. The van der Waals surface area contributed by atoms with Crippen LogP contribution < -0.4 is 4.74 Å². The minimum atomic E-state index is -1.03. The number of likely N-dealkylation sites (N-methyl/N-ethyl adjacent to an activating group) is 1. The molecule has 0 unspecified atom stereocenters. The van der Waals surface area contributed by atoms with E-state index in [2.05, 4.69) is 6.07 Å². The molecule has 0 aliphatic carbocycles. The summed E-state index contributed by atoms with van der Waals surface area (Å²) in [5, 5.41) is 20.4. The molecular weight excluding hydrogens is 398 g/mol. The maximum Gasteiger partial charge on any atom is 0.410 e. The molecule has 1 saturated heterocycles. The molecule has 168 valence electrons. The van der Waals surface area contributed by atoms with Crippen LogP contribution in [0.4, 0.5) is 4.79 Å². The summed E-state index contributed by atoms with van der Waals surface area (Å²) in [6, 6.07) is 5.68. The summed E-state index contributed by atoms with van der Waals surface area (Å²) in [4.78, 5) is 29.1. The van der Waals surface area contributed by atoms with E-state index in [0.29, 0.717) is 36.3 Å². The van der Waals surface area contributed by atoms with Crippen molar-refractivity contribution >= 4 is 12.0 Å². The number of benzene rings is 1. The van der Waals surface area contributed by atoms with Gasteiger partial charge in [-0.2, -0.15) is 5.26 Å². The van der Waals surface area contributed by atoms with Crippen LogP contribution in [0.2, 0.25) is 0 Å². The van der Waals surface area contributed by atoms with E-state index >= 15 is 0 Å². The van der Waals surface area contributed by atoms with E-state index in [1.807, 2.05) is 0 Å². The lowest BCUT2D eigenvalue weighted by atomic mass is 9.85. The summed E-state index contributed by atoms with van der Waals surface area (Å²) in [7, 11) is 1.62. The van der Waals surface area contributed by atoms with Crippen LogP contribution in [0.3, 0.4) is 0 Å². The van der Waals surface area contributed by atoms with Crippen molar-refractivity contribution in [2.24, 2.45) is 0 Å². The first-order valence-electron chi connectivity index (χ1n) is 10.5. The molecule has 1 aromatic rings. The van der Waals surface area contributed by atoms with E-state index in [-0.39, 0.29) is 5.91 Å². The number of likely N-dealkylation sites (tertiary alicyclic amines) is 1. The number of carbonyl (C=O) groups is 2. The van der Waals surface area contributed by atoms with Crippen molar-refractivity contribution in [2.45, 2.75) is 76.9 Å². The highest BCUT2D eigenvalue weighted by atomic mass is 16.6. The number of nitriles is 1. The zero-order valence-corrected chi connectivity index (χ0v) is 19.0. The largest absolute Gasteiger partial charge is 0.485 e. The molecule has 2 amide bonds. The number of fused-ring (bicyclic) bond motifs is 1. The van der Waals surface area contributed by atoms with Gasteiger partial charge in [0, 0.05) is 19.2 Å². The highest BCUT2D eigenvalue weighted by Gasteiger charge is 2.48. The van der Waals surface area contributed by atoms with E-state index in [1.54, 1.807) is 59.9 Å². The van der Waals surface area contributed by atoms with Gasteiger partial charge in [-0.1, -0.05) is 0 Å². The fraction of sp³-hybridized carbons (Fsp3) is 0.609. The molecular formula is C23H31N3O5. The van der Waals surface area contributed by atoms with Crippen molar-refractivity contribution in [2.75, 3.05) is 13.6 Å². The minimum absolute atomic E-state index is 0.279. The Labute approximate surface area is 183 Å². The average Bonchev–Trinajstić information content (AvgIpc) is 3.16. The second-order valence-electron chi connectivity index (χ2n) is 9.74. The molecule has 0 bridgehead atoms. The number of amides is 2. The van der Waals surface area contributed by atoms with Crippen molar-refractivity contribution in [3.8, 4) is 11.8 Å². The molecule has 2 heterocycles. The third kappa shape index (κ3) is 4.47. The molecule has 2 aliphatic heterocycles. The van der Waals surface area contributed by atoms with Crippen LogP contribution in [-0.4, -0.2) is 63.8 Å². The lowest BCUT2D eigenvalue weighted by Crippen LogP contribution is -2.56. The molecule has 3 rings (SSSR count). The third-order valence-electron chi connectivity index (χ3n) is 5.77. The van der Waals surface area contributed by atoms with Gasteiger partial charge >= 0.3 is 6.09 Å². The molecule has 0 saturated carbocycles. The van der Waals surface area contributed by atoms with Crippen LogP contribution in [0.1, 0.15) is 64.6 Å². The summed E-state index contributed by atoms with van der Waals surface area (Å²) in [6.45, 7) is 9.31. The number of rotatable bonds is 2. The van der Waals surface area contributed by atoms with E-state index in [1.165, 1.54) is 9.80 Å². The monoisotopic (exact) mass is 429 g/mol. The van der Waals surface area contributed by atoms with Gasteiger partial charge in [0.15, 0.2) is 0 Å². The predicted octanol–water partition coefficient (Wildman–Crippen LogP) is 2.99. The molecule has 1 N–H and O–H groups in total. The number of ether oxygens (including phenoxy) is 2. The zero-order valence-electron chi connectivity index (χ0n) is 19.0. The van der Waals surface area contributed by atoms with Gasteiger partial charge in [-0.15, -0.1) is 0 Å². The summed E-state index contributed by atoms with van der Waals surface area (Å²) < 4.78 is 11.4. The smallest absolute Gasteiger partial charge is 0.410 e. The summed E-state index contributed by atoms with van der Waals surface area (Å²) in [5.74, 6) is 0.243. The van der Waals surface area contributed by atoms with Gasteiger partial charge in [0.2, 0.25) is 5.91 Å². The number of carbonyl (C=O) groups excluding carboxylic acids is 2. The average molecular weight is 430 g/mol. The molecule has 2 aliphatic rings. The van der Waals surface area contributed by atoms with Gasteiger partial charge in [0.1, 0.15) is 29.1 Å². The van der Waals surface area contributed by atoms with Crippen LogP contribution in [0.25, 0.3) is 0 Å². The Bertz CT molecular complexity index is 915. The van der Waals surface area contributed by atoms with Crippen molar-refractivity contribution in [1.29, 1.82) is 5.26 Å². The Morgan fingerprint density at radius 1 is 1.35 bits per heavy atom. The first-order valence-corrected chi connectivity index (χ1v) is 10.5. The number of nitrogens with zero attached hydrogens (tertiary/aromatic N) is 3. The van der Waals surface area contributed by atoms with E-state index < -0.39 is 35.5 Å². The second-order valence-corrected chi connectivity index (χ2v) is 9.74. The van der Waals surface area contributed by atoms with Gasteiger partial charge in [0.05, 0.1) is 17.7 Å². The molecule has 3 atom stereocenters. The fourth-order valence-electron chi connectivity index (χ4n) is 4.19. The molecule has 0 spiro atoms. The number of aliphatic hydroxyl groups is 1. The van der Waals surface area contributed by atoms with Crippen LogP contribution >= 0.6 is 0 Å².